The number of hydrogen-bond donors (Lipinski definition) is 2. The first-order chi connectivity index (χ1) is 8.54. The van der Waals surface area contributed by atoms with Crippen LogP contribution in [0.1, 0.15) is 31.9 Å². The van der Waals surface area contributed by atoms with E-state index < -0.39 is 5.82 Å². The molecule has 0 radical (unpaired) electrons. The van der Waals surface area contributed by atoms with E-state index in [2.05, 4.69) is 5.32 Å². The van der Waals surface area contributed by atoms with Gasteiger partial charge in [-0.3, -0.25) is 4.79 Å². The molecule has 0 aliphatic rings. The molecule has 0 bridgehead atoms. The molecular formula is C13H19FN2O2. The Morgan fingerprint density at radius 3 is 2.83 bits per heavy atom. The molecule has 0 spiro atoms. The van der Waals surface area contributed by atoms with Gasteiger partial charge in [-0.05, 0) is 19.4 Å². The molecule has 4 nitrogen and oxygen atoms in total. The second-order valence-corrected chi connectivity index (χ2v) is 4.11. The summed E-state index contributed by atoms with van der Waals surface area (Å²) in [5, 5.41) is 2.67. The van der Waals surface area contributed by atoms with Crippen LogP contribution < -0.4 is 15.8 Å². The van der Waals surface area contributed by atoms with Gasteiger partial charge in [0.1, 0.15) is 11.6 Å². The predicted octanol–water partition coefficient (Wildman–Crippen LogP) is 1.75. The third-order valence-corrected chi connectivity index (χ3v) is 2.40. The van der Waals surface area contributed by atoms with Gasteiger partial charge >= 0.3 is 0 Å². The lowest BCUT2D eigenvalue weighted by Crippen LogP contribution is -2.29. The molecule has 1 aromatic rings. The number of rotatable bonds is 6. The lowest BCUT2D eigenvalue weighted by Gasteiger charge is -2.10. The molecule has 0 saturated carbocycles. The molecule has 5 heteroatoms. The van der Waals surface area contributed by atoms with Gasteiger partial charge in [0.05, 0.1) is 0 Å². The van der Waals surface area contributed by atoms with E-state index in [1.165, 1.54) is 6.07 Å². The van der Waals surface area contributed by atoms with Crippen molar-refractivity contribution >= 4 is 5.91 Å². The smallest absolute Gasteiger partial charge is 0.257 e. The van der Waals surface area contributed by atoms with Gasteiger partial charge in [-0.2, -0.15) is 0 Å². The molecule has 1 aromatic carbocycles. The van der Waals surface area contributed by atoms with Crippen LogP contribution in [0.4, 0.5) is 4.39 Å². The molecule has 0 aromatic heterocycles. The Kier molecular flexibility index (Phi) is 5.58. The normalized spacial score (nSPS) is 12.0. The largest absolute Gasteiger partial charge is 0.484 e. The summed E-state index contributed by atoms with van der Waals surface area (Å²) in [4.78, 5) is 11.3. The Morgan fingerprint density at radius 2 is 2.28 bits per heavy atom. The molecule has 0 heterocycles. The zero-order valence-corrected chi connectivity index (χ0v) is 10.7. The summed E-state index contributed by atoms with van der Waals surface area (Å²) in [7, 11) is 0. The summed E-state index contributed by atoms with van der Waals surface area (Å²) >= 11 is 0. The van der Waals surface area contributed by atoms with Crippen LogP contribution in [0, 0.1) is 5.82 Å². The van der Waals surface area contributed by atoms with Gasteiger partial charge in [-0.1, -0.05) is 13.0 Å². The maximum atomic E-state index is 13.6. The van der Waals surface area contributed by atoms with E-state index in [4.69, 9.17) is 10.5 Å². The topological polar surface area (TPSA) is 64.3 Å². The Morgan fingerprint density at radius 1 is 1.56 bits per heavy atom. The van der Waals surface area contributed by atoms with Gasteiger partial charge < -0.3 is 15.8 Å². The number of carbonyl (C=O) groups excluding carboxylic acids is 1. The lowest BCUT2D eigenvalue weighted by atomic mass is 10.1. The van der Waals surface area contributed by atoms with Crippen molar-refractivity contribution in [3.8, 4) is 5.75 Å². The number of halogens is 1. The van der Waals surface area contributed by atoms with Crippen LogP contribution in [-0.2, 0) is 4.79 Å². The highest BCUT2D eigenvalue weighted by Crippen LogP contribution is 2.20. The Bertz CT molecular complexity index is 408. The van der Waals surface area contributed by atoms with E-state index in [0.29, 0.717) is 17.9 Å². The number of benzene rings is 1. The van der Waals surface area contributed by atoms with Crippen LogP contribution in [0.2, 0.25) is 0 Å². The average Bonchev–Trinajstić information content (AvgIpc) is 2.33. The number of hydrogen-bond acceptors (Lipinski definition) is 3. The van der Waals surface area contributed by atoms with Crippen LogP contribution in [0.5, 0.6) is 5.75 Å². The molecule has 0 unspecified atom stereocenters. The van der Waals surface area contributed by atoms with E-state index >= 15 is 0 Å². The fourth-order valence-corrected chi connectivity index (χ4v) is 1.43. The minimum atomic E-state index is -0.420. The maximum Gasteiger partial charge on any atom is 0.257 e. The first-order valence-electron chi connectivity index (χ1n) is 5.99. The molecular weight excluding hydrogens is 235 g/mol. The Labute approximate surface area is 106 Å². The molecule has 1 atom stereocenters. The molecule has 0 saturated heterocycles. The molecule has 1 amide bonds. The fraction of sp³-hybridized carbons (Fsp3) is 0.462. The third kappa shape index (κ3) is 4.33. The van der Waals surface area contributed by atoms with Gasteiger partial charge in [-0.25, -0.2) is 4.39 Å². The zero-order valence-electron chi connectivity index (χ0n) is 10.7. The van der Waals surface area contributed by atoms with Crippen molar-refractivity contribution in [2.75, 3.05) is 13.2 Å². The molecule has 0 aliphatic carbocycles. The summed E-state index contributed by atoms with van der Waals surface area (Å²) in [5.74, 6) is -0.312. The minimum absolute atomic E-state index is 0.114. The first-order valence-corrected chi connectivity index (χ1v) is 5.99. The van der Waals surface area contributed by atoms with Crippen LogP contribution in [0.15, 0.2) is 18.2 Å². The number of nitrogens with one attached hydrogen (secondary N) is 1. The summed E-state index contributed by atoms with van der Waals surface area (Å²) in [6.07, 6.45) is 0.865. The monoisotopic (exact) mass is 254 g/mol. The van der Waals surface area contributed by atoms with Crippen LogP contribution >= 0.6 is 0 Å². The van der Waals surface area contributed by atoms with Gasteiger partial charge in [-0.15, -0.1) is 0 Å². The standard InChI is InChI=1S/C13H19FN2O2/c1-3-6-16-13(17)8-18-10-4-5-11(9(2)15)12(14)7-10/h4-5,7,9H,3,6,8,15H2,1-2H3,(H,16,17)/t9-/m1/s1. The second-order valence-electron chi connectivity index (χ2n) is 4.11. The van der Waals surface area contributed by atoms with Crippen molar-refractivity contribution < 1.29 is 13.9 Å². The van der Waals surface area contributed by atoms with Crippen molar-refractivity contribution in [3.63, 3.8) is 0 Å². The fourth-order valence-electron chi connectivity index (χ4n) is 1.43. The highest BCUT2D eigenvalue weighted by molar-refractivity contribution is 5.77. The number of carbonyl (C=O) groups is 1. The first kappa shape index (κ1) is 14.4. The number of ether oxygens (including phenoxy) is 1. The summed E-state index contributed by atoms with van der Waals surface area (Å²) < 4.78 is 18.8. The van der Waals surface area contributed by atoms with Crippen molar-refractivity contribution in [1.82, 2.24) is 5.32 Å². The summed E-state index contributed by atoms with van der Waals surface area (Å²) in [6, 6.07) is 4.05. The van der Waals surface area contributed by atoms with Crippen LogP contribution in [0.3, 0.4) is 0 Å². The molecule has 18 heavy (non-hydrogen) atoms. The highest BCUT2D eigenvalue weighted by Gasteiger charge is 2.09. The van der Waals surface area contributed by atoms with Gasteiger partial charge in [0, 0.05) is 24.2 Å². The van der Waals surface area contributed by atoms with Crippen molar-refractivity contribution in [3.05, 3.63) is 29.6 Å². The number of nitrogens with two attached hydrogens (primary N) is 1. The quantitative estimate of drug-likeness (QED) is 0.813. The van der Waals surface area contributed by atoms with E-state index in [9.17, 15) is 9.18 Å². The highest BCUT2D eigenvalue weighted by atomic mass is 19.1. The van der Waals surface area contributed by atoms with Gasteiger partial charge in [0.15, 0.2) is 6.61 Å². The zero-order chi connectivity index (χ0) is 13.5. The summed E-state index contributed by atoms with van der Waals surface area (Å²) in [5.41, 5.74) is 6.03. The van der Waals surface area contributed by atoms with E-state index in [0.717, 1.165) is 6.42 Å². The Hall–Kier alpha value is -1.62. The van der Waals surface area contributed by atoms with E-state index in [1.807, 2.05) is 6.92 Å². The van der Waals surface area contributed by atoms with Crippen molar-refractivity contribution in [2.24, 2.45) is 5.73 Å². The average molecular weight is 254 g/mol. The van der Waals surface area contributed by atoms with Crippen LogP contribution in [0.25, 0.3) is 0 Å². The molecule has 1 rings (SSSR count). The van der Waals surface area contributed by atoms with Gasteiger partial charge in [0.2, 0.25) is 0 Å². The minimum Gasteiger partial charge on any atom is -0.484 e. The van der Waals surface area contributed by atoms with E-state index in [1.54, 1.807) is 19.1 Å². The Balaban J connectivity index is 2.53. The van der Waals surface area contributed by atoms with Crippen LogP contribution in [-0.4, -0.2) is 19.1 Å². The molecule has 0 fully saturated rings. The second kappa shape index (κ2) is 6.96. The van der Waals surface area contributed by atoms with Crippen molar-refractivity contribution in [1.29, 1.82) is 0 Å². The molecule has 3 N–H and O–H groups in total. The van der Waals surface area contributed by atoms with Gasteiger partial charge in [0.25, 0.3) is 5.91 Å². The van der Waals surface area contributed by atoms with Crippen molar-refractivity contribution in [2.45, 2.75) is 26.3 Å². The maximum absolute atomic E-state index is 13.6. The lowest BCUT2D eigenvalue weighted by molar-refractivity contribution is -0.123. The molecule has 100 valence electrons. The SMILES string of the molecule is CCCNC(=O)COc1ccc([C@@H](C)N)c(F)c1. The number of amides is 1. The molecule has 0 aliphatic heterocycles. The third-order valence-electron chi connectivity index (χ3n) is 2.40. The predicted molar refractivity (Wildman–Crippen MR) is 67.8 cm³/mol. The summed E-state index contributed by atoms with van der Waals surface area (Å²) in [6.45, 7) is 4.16. The van der Waals surface area contributed by atoms with E-state index in [-0.39, 0.29) is 18.6 Å².